The van der Waals surface area contributed by atoms with Crippen LogP contribution in [-0.2, 0) is 0 Å². The van der Waals surface area contributed by atoms with Crippen molar-refractivity contribution >= 4 is 35.0 Å². The van der Waals surface area contributed by atoms with E-state index in [9.17, 15) is 0 Å². The third-order valence-electron chi connectivity index (χ3n) is 2.72. The average Bonchev–Trinajstić information content (AvgIpc) is 3.05. The molecule has 0 aliphatic carbocycles. The summed E-state index contributed by atoms with van der Waals surface area (Å²) < 4.78 is 0. The molecule has 124 valence electrons. The molecule has 0 fully saturated rings. The van der Waals surface area contributed by atoms with Crippen LogP contribution in [-0.4, -0.2) is 33.0 Å². The number of nitrogens with zero attached hydrogens (tertiary/aromatic N) is 5. The number of tetrazole rings is 1. The van der Waals surface area contributed by atoms with Crippen molar-refractivity contribution in [2.45, 2.75) is 34.1 Å². The van der Waals surface area contributed by atoms with Crippen molar-refractivity contribution in [1.29, 1.82) is 0 Å². The van der Waals surface area contributed by atoms with Gasteiger partial charge in [-0.3, -0.25) is 4.99 Å². The van der Waals surface area contributed by atoms with Crippen LogP contribution in [0.4, 0.5) is 0 Å². The van der Waals surface area contributed by atoms with Crippen molar-refractivity contribution in [3.63, 3.8) is 0 Å². The highest BCUT2D eigenvalue weighted by atomic mass is 35.5. The minimum absolute atomic E-state index is 0.510. The van der Waals surface area contributed by atoms with Crippen LogP contribution in [0.3, 0.4) is 0 Å². The third kappa shape index (κ3) is 5.44. The summed E-state index contributed by atoms with van der Waals surface area (Å²) in [5, 5.41) is 13.5. The average molecular weight is 354 g/mol. The molecule has 7 heteroatoms. The summed E-state index contributed by atoms with van der Waals surface area (Å²) in [5.41, 5.74) is 1.53. The largest absolute Gasteiger partial charge is 0.293 e. The Morgan fingerprint density at radius 3 is 2.70 bits per heavy atom. The summed E-state index contributed by atoms with van der Waals surface area (Å²) in [4.78, 5) is 5.60. The molecule has 1 heterocycles. The van der Waals surface area contributed by atoms with Crippen LogP contribution in [0.1, 0.15) is 39.9 Å². The van der Waals surface area contributed by atoms with Crippen molar-refractivity contribution in [3.8, 4) is 5.69 Å². The second-order valence-electron chi connectivity index (χ2n) is 4.23. The maximum Gasteiger partial charge on any atom is 0.202 e. The molecule has 0 bridgehead atoms. The van der Waals surface area contributed by atoms with Gasteiger partial charge in [0.1, 0.15) is 5.69 Å². The predicted octanol–water partition coefficient (Wildman–Crippen LogP) is 4.88. The third-order valence-corrected chi connectivity index (χ3v) is 3.27. The highest BCUT2D eigenvalue weighted by molar-refractivity contribution is 6.34. The summed E-state index contributed by atoms with van der Waals surface area (Å²) in [5.74, 6) is 0.540. The summed E-state index contributed by atoms with van der Waals surface area (Å²) in [6, 6.07) is 5.11. The van der Waals surface area contributed by atoms with Crippen LogP contribution in [0.25, 0.3) is 11.3 Å². The fourth-order valence-corrected chi connectivity index (χ4v) is 2.11. The normalized spacial score (nSPS) is 11.5. The molecule has 0 radical (unpaired) electrons. The first-order chi connectivity index (χ1) is 11.2. The van der Waals surface area contributed by atoms with Gasteiger partial charge >= 0.3 is 0 Å². The van der Waals surface area contributed by atoms with E-state index in [1.807, 2.05) is 33.8 Å². The van der Waals surface area contributed by atoms with E-state index in [2.05, 4.69) is 20.4 Å². The van der Waals surface area contributed by atoms with Crippen molar-refractivity contribution < 1.29 is 0 Å². The van der Waals surface area contributed by atoms with Gasteiger partial charge < -0.3 is 0 Å². The second kappa shape index (κ2) is 10.1. The summed E-state index contributed by atoms with van der Waals surface area (Å²) in [6.07, 6.45) is 4.66. The fourth-order valence-electron chi connectivity index (χ4n) is 1.75. The fraction of sp³-hybridized carbons (Fsp3) is 0.375. The van der Waals surface area contributed by atoms with Crippen LogP contribution in [0.2, 0.25) is 10.0 Å². The number of benzene rings is 1. The molecule has 0 saturated heterocycles. The van der Waals surface area contributed by atoms with Crippen LogP contribution in [0.5, 0.6) is 0 Å². The molecule has 0 amide bonds. The van der Waals surface area contributed by atoms with E-state index in [4.69, 9.17) is 23.2 Å². The van der Waals surface area contributed by atoms with Crippen LogP contribution in [0.15, 0.2) is 29.3 Å². The minimum atomic E-state index is 0.510. The number of hydrogen-bond donors (Lipinski definition) is 0. The molecule has 2 aromatic rings. The Balaban J connectivity index is 0.00000127. The number of hydrogen-bond acceptors (Lipinski definition) is 4. The topological polar surface area (TPSA) is 56.0 Å². The van der Waals surface area contributed by atoms with E-state index < -0.39 is 0 Å². The Morgan fingerprint density at radius 1 is 1.30 bits per heavy atom. The minimum Gasteiger partial charge on any atom is -0.293 e. The second-order valence-corrected chi connectivity index (χ2v) is 5.08. The van der Waals surface area contributed by atoms with Gasteiger partial charge in [0.05, 0.1) is 11.6 Å². The zero-order valence-corrected chi connectivity index (χ0v) is 15.3. The molecule has 1 aromatic heterocycles. The molecule has 0 saturated carbocycles. The van der Waals surface area contributed by atoms with E-state index in [1.165, 1.54) is 4.80 Å². The van der Waals surface area contributed by atoms with Crippen molar-refractivity contribution in [2.75, 3.05) is 6.54 Å². The first-order valence-corrected chi connectivity index (χ1v) is 8.30. The first kappa shape index (κ1) is 19.3. The zero-order valence-electron chi connectivity index (χ0n) is 13.8. The molecular weight excluding hydrogens is 333 g/mol. The predicted molar refractivity (Wildman–Crippen MR) is 97.8 cm³/mol. The Morgan fingerprint density at radius 2 is 2.04 bits per heavy atom. The van der Waals surface area contributed by atoms with Gasteiger partial charge in [-0.1, -0.05) is 50.0 Å². The van der Waals surface area contributed by atoms with Crippen molar-refractivity contribution in [1.82, 2.24) is 20.2 Å². The number of halogens is 2. The Labute approximate surface area is 147 Å². The molecular formula is C16H21Cl2N5. The molecule has 23 heavy (non-hydrogen) atoms. The maximum absolute atomic E-state index is 6.14. The Bertz CT molecular complexity index is 677. The Kier molecular flexibility index (Phi) is 8.51. The summed E-state index contributed by atoms with van der Waals surface area (Å²) >= 11 is 12.1. The van der Waals surface area contributed by atoms with Crippen LogP contribution in [0, 0.1) is 0 Å². The van der Waals surface area contributed by atoms with Gasteiger partial charge in [-0.2, -0.15) is 0 Å². The number of aliphatic imine (C=N–C) groups is 1. The maximum atomic E-state index is 6.14. The quantitative estimate of drug-likeness (QED) is 0.719. The van der Waals surface area contributed by atoms with Gasteiger partial charge in [-0.25, -0.2) is 0 Å². The van der Waals surface area contributed by atoms with Gasteiger partial charge in [0.25, 0.3) is 0 Å². The lowest BCUT2D eigenvalue weighted by molar-refractivity contribution is 0.719. The standard InChI is InChI=1S/C14H15Cl2N5.C2H6/c1-3-5-10(9-17-4-2)14-18-20-21(19-14)13-8-11(15)6-7-12(13)16;1-2/h4-8H,3,9H2,1-2H3;1-2H3/b10-5+,17-4?;. The van der Waals surface area contributed by atoms with Crippen molar-refractivity contribution in [3.05, 3.63) is 40.1 Å². The van der Waals surface area contributed by atoms with Crippen LogP contribution < -0.4 is 0 Å². The lowest BCUT2D eigenvalue weighted by atomic mass is 10.2. The molecule has 0 unspecified atom stereocenters. The van der Waals surface area contributed by atoms with E-state index in [1.54, 1.807) is 24.4 Å². The highest BCUT2D eigenvalue weighted by Gasteiger charge is 2.12. The van der Waals surface area contributed by atoms with Crippen molar-refractivity contribution in [2.24, 2.45) is 4.99 Å². The zero-order chi connectivity index (χ0) is 17.2. The van der Waals surface area contributed by atoms with Gasteiger partial charge in [0.15, 0.2) is 0 Å². The lowest BCUT2D eigenvalue weighted by Crippen LogP contribution is -2.01. The SMILES string of the molecule is CC.CC=NC/C(=C\CC)c1nnn(-c2cc(Cl)ccc2Cl)n1. The number of aromatic nitrogens is 4. The summed E-state index contributed by atoms with van der Waals surface area (Å²) in [7, 11) is 0. The molecule has 0 aliphatic rings. The highest BCUT2D eigenvalue weighted by Crippen LogP contribution is 2.23. The van der Waals surface area contributed by atoms with Gasteiger partial charge in [-0.05, 0) is 43.0 Å². The van der Waals surface area contributed by atoms with Gasteiger partial charge in [-0.15, -0.1) is 15.0 Å². The van der Waals surface area contributed by atoms with Crippen LogP contribution >= 0.6 is 23.2 Å². The van der Waals surface area contributed by atoms with E-state index in [0.29, 0.717) is 28.1 Å². The Hall–Kier alpha value is -1.72. The smallest absolute Gasteiger partial charge is 0.202 e. The molecule has 1 aromatic carbocycles. The number of allylic oxidation sites excluding steroid dienone is 1. The molecule has 0 spiro atoms. The van der Waals surface area contributed by atoms with Gasteiger partial charge in [0, 0.05) is 10.6 Å². The lowest BCUT2D eigenvalue weighted by Gasteiger charge is -2.02. The molecule has 0 N–H and O–H groups in total. The van der Waals surface area contributed by atoms with E-state index in [0.717, 1.165) is 12.0 Å². The molecule has 5 nitrogen and oxygen atoms in total. The monoisotopic (exact) mass is 353 g/mol. The molecule has 0 aliphatic heterocycles. The molecule has 2 rings (SSSR count). The van der Waals surface area contributed by atoms with E-state index >= 15 is 0 Å². The number of rotatable bonds is 5. The molecule has 0 atom stereocenters. The van der Waals surface area contributed by atoms with E-state index in [-0.39, 0.29) is 0 Å². The summed E-state index contributed by atoms with van der Waals surface area (Å²) in [6.45, 7) is 8.45. The van der Waals surface area contributed by atoms with Gasteiger partial charge in [0.2, 0.25) is 5.82 Å². The first-order valence-electron chi connectivity index (χ1n) is 7.55.